The summed E-state index contributed by atoms with van der Waals surface area (Å²) >= 11 is 0. The zero-order valence-corrected chi connectivity index (χ0v) is 21.9. The smallest absolute Gasteiger partial charge is 0.480 e. The SMILES string of the molecule is O=C(O)CNC(=O)CNC(=O)[C@H](Cc1ccc(OC(=O)OCc2ccccc2)cc1)NC(=O)OCc1ccccc1. The van der Waals surface area contributed by atoms with Crippen LogP contribution in [0, 0.1) is 0 Å². The second kappa shape index (κ2) is 15.9. The van der Waals surface area contributed by atoms with Gasteiger partial charge in [-0.1, -0.05) is 72.8 Å². The molecule has 0 aliphatic rings. The lowest BCUT2D eigenvalue weighted by Gasteiger charge is -2.18. The van der Waals surface area contributed by atoms with Gasteiger partial charge in [-0.05, 0) is 28.8 Å². The van der Waals surface area contributed by atoms with Crippen molar-refractivity contribution in [1.29, 1.82) is 0 Å². The maximum Gasteiger partial charge on any atom is 0.514 e. The standard InChI is InChI=1S/C29H29N3O9/c33-25(30-17-26(34)35)16-31-27(36)24(32-28(37)39-18-21-7-3-1-4-8-21)15-20-11-13-23(14-12-20)41-29(38)40-19-22-9-5-2-6-10-22/h1-14,24H,15-19H2,(H,30,33)(H,31,36)(H,32,37)(H,34,35)/t24-/m0/s1. The molecule has 0 spiro atoms. The number of rotatable bonds is 13. The van der Waals surface area contributed by atoms with E-state index in [0.717, 1.165) is 11.1 Å². The lowest BCUT2D eigenvalue weighted by Crippen LogP contribution is -2.50. The van der Waals surface area contributed by atoms with Gasteiger partial charge in [0.15, 0.2) is 0 Å². The number of amides is 3. The second-order valence-electron chi connectivity index (χ2n) is 8.62. The number of ether oxygens (including phenoxy) is 3. The average molecular weight is 564 g/mol. The van der Waals surface area contributed by atoms with Gasteiger partial charge in [-0.2, -0.15) is 0 Å². The largest absolute Gasteiger partial charge is 0.514 e. The van der Waals surface area contributed by atoms with Crippen LogP contribution < -0.4 is 20.7 Å². The second-order valence-corrected chi connectivity index (χ2v) is 8.62. The Morgan fingerprint density at radius 1 is 0.683 bits per heavy atom. The van der Waals surface area contributed by atoms with E-state index in [0.29, 0.717) is 5.56 Å². The summed E-state index contributed by atoms with van der Waals surface area (Å²) in [6, 6.07) is 23.1. The summed E-state index contributed by atoms with van der Waals surface area (Å²) in [7, 11) is 0. The molecule has 0 aromatic heterocycles. The van der Waals surface area contributed by atoms with Gasteiger partial charge in [0.25, 0.3) is 0 Å². The third-order valence-electron chi connectivity index (χ3n) is 5.45. The number of carboxylic acids is 1. The highest BCUT2D eigenvalue weighted by Gasteiger charge is 2.23. The van der Waals surface area contributed by atoms with Gasteiger partial charge in [0.1, 0.15) is 31.5 Å². The van der Waals surface area contributed by atoms with E-state index in [1.165, 1.54) is 12.1 Å². The zero-order chi connectivity index (χ0) is 29.5. The van der Waals surface area contributed by atoms with Crippen LogP contribution in [0.25, 0.3) is 0 Å². The summed E-state index contributed by atoms with van der Waals surface area (Å²) < 4.78 is 15.5. The molecule has 0 radical (unpaired) electrons. The Hall–Kier alpha value is -5.39. The predicted molar refractivity (Wildman–Crippen MR) is 145 cm³/mol. The first kappa shape index (κ1) is 30.2. The van der Waals surface area contributed by atoms with Crippen molar-refractivity contribution < 1.29 is 43.3 Å². The lowest BCUT2D eigenvalue weighted by molar-refractivity contribution is -0.137. The fraction of sp³-hybridized carbons (Fsp3) is 0.207. The van der Waals surface area contributed by atoms with Crippen molar-refractivity contribution in [3.63, 3.8) is 0 Å². The summed E-state index contributed by atoms with van der Waals surface area (Å²) in [5.74, 6) is -2.44. The average Bonchev–Trinajstić information content (AvgIpc) is 2.98. The first-order chi connectivity index (χ1) is 19.8. The molecule has 0 unspecified atom stereocenters. The van der Waals surface area contributed by atoms with Crippen LogP contribution in [0.2, 0.25) is 0 Å². The Labute approximate surface area is 235 Å². The lowest BCUT2D eigenvalue weighted by atomic mass is 10.1. The van der Waals surface area contributed by atoms with Crippen LogP contribution in [-0.2, 0) is 43.5 Å². The first-order valence-electron chi connectivity index (χ1n) is 12.5. The van der Waals surface area contributed by atoms with Crippen LogP contribution in [0.4, 0.5) is 9.59 Å². The summed E-state index contributed by atoms with van der Waals surface area (Å²) in [5, 5.41) is 15.7. The van der Waals surface area contributed by atoms with Crippen LogP contribution >= 0.6 is 0 Å². The molecule has 0 fully saturated rings. The maximum absolute atomic E-state index is 12.8. The number of hydrogen-bond donors (Lipinski definition) is 4. The Bertz CT molecular complexity index is 1320. The van der Waals surface area contributed by atoms with Gasteiger partial charge in [0.2, 0.25) is 11.8 Å². The normalized spacial score (nSPS) is 10.9. The van der Waals surface area contributed by atoms with Gasteiger partial charge in [0, 0.05) is 6.42 Å². The highest BCUT2D eigenvalue weighted by atomic mass is 16.7. The van der Waals surface area contributed by atoms with Gasteiger partial charge in [-0.15, -0.1) is 0 Å². The van der Waals surface area contributed by atoms with E-state index in [1.54, 1.807) is 36.4 Å². The summed E-state index contributed by atoms with van der Waals surface area (Å²) in [5.41, 5.74) is 2.14. The number of alkyl carbamates (subject to hydrolysis) is 1. The van der Waals surface area contributed by atoms with Gasteiger partial charge in [-0.25, -0.2) is 9.59 Å². The molecule has 1 atom stereocenters. The van der Waals surface area contributed by atoms with Crippen LogP contribution in [0.5, 0.6) is 5.75 Å². The van der Waals surface area contributed by atoms with E-state index in [-0.39, 0.29) is 25.4 Å². The monoisotopic (exact) mass is 563 g/mol. The van der Waals surface area contributed by atoms with Crippen molar-refractivity contribution in [2.24, 2.45) is 0 Å². The molecule has 3 aromatic carbocycles. The number of carboxylic acid groups (broad SMARTS) is 1. The highest BCUT2D eigenvalue weighted by molar-refractivity contribution is 5.90. The molecule has 0 bridgehead atoms. The first-order valence-corrected chi connectivity index (χ1v) is 12.5. The minimum Gasteiger partial charge on any atom is -0.480 e. The molecule has 3 amide bonds. The third-order valence-corrected chi connectivity index (χ3v) is 5.45. The topological polar surface area (TPSA) is 169 Å². The molecule has 4 N–H and O–H groups in total. The van der Waals surface area contributed by atoms with Crippen molar-refractivity contribution in [2.45, 2.75) is 25.7 Å². The number of aliphatic carboxylic acids is 1. The fourth-order valence-electron chi connectivity index (χ4n) is 3.42. The molecule has 3 aromatic rings. The Morgan fingerprint density at radius 2 is 1.27 bits per heavy atom. The molecular formula is C29H29N3O9. The Kier molecular flexibility index (Phi) is 11.7. The van der Waals surface area contributed by atoms with E-state index in [1.807, 2.05) is 36.4 Å². The van der Waals surface area contributed by atoms with E-state index in [4.69, 9.17) is 19.3 Å². The van der Waals surface area contributed by atoms with Crippen LogP contribution in [-0.4, -0.2) is 54.3 Å². The predicted octanol–water partition coefficient (Wildman–Crippen LogP) is 2.56. The van der Waals surface area contributed by atoms with Crippen LogP contribution in [0.1, 0.15) is 16.7 Å². The van der Waals surface area contributed by atoms with E-state index < -0.39 is 49.2 Å². The molecule has 0 aliphatic heterocycles. The van der Waals surface area contributed by atoms with Crippen molar-refractivity contribution in [1.82, 2.24) is 16.0 Å². The van der Waals surface area contributed by atoms with Gasteiger partial charge < -0.3 is 35.3 Å². The summed E-state index contributed by atoms with van der Waals surface area (Å²) in [6.07, 6.45) is -1.74. The van der Waals surface area contributed by atoms with Crippen molar-refractivity contribution in [3.05, 3.63) is 102 Å². The molecule has 12 nitrogen and oxygen atoms in total. The summed E-state index contributed by atoms with van der Waals surface area (Å²) in [4.78, 5) is 59.7. The molecule has 0 saturated carbocycles. The number of nitrogens with one attached hydrogen (secondary N) is 3. The van der Waals surface area contributed by atoms with E-state index >= 15 is 0 Å². The minimum absolute atomic E-state index is 0.00174. The van der Waals surface area contributed by atoms with Crippen molar-refractivity contribution in [2.75, 3.05) is 13.1 Å². The Balaban J connectivity index is 1.57. The van der Waals surface area contributed by atoms with Crippen LogP contribution in [0.15, 0.2) is 84.9 Å². The van der Waals surface area contributed by atoms with E-state index in [2.05, 4.69) is 16.0 Å². The molecule has 0 heterocycles. The number of hydrogen-bond acceptors (Lipinski definition) is 8. The van der Waals surface area contributed by atoms with Gasteiger partial charge >= 0.3 is 18.2 Å². The van der Waals surface area contributed by atoms with Crippen LogP contribution in [0.3, 0.4) is 0 Å². The zero-order valence-electron chi connectivity index (χ0n) is 21.9. The molecule has 12 heteroatoms. The van der Waals surface area contributed by atoms with Gasteiger partial charge in [0.05, 0.1) is 6.54 Å². The Morgan fingerprint density at radius 3 is 1.85 bits per heavy atom. The van der Waals surface area contributed by atoms with Gasteiger partial charge in [-0.3, -0.25) is 14.4 Å². The number of carbonyl (C=O) groups is 5. The quantitative estimate of drug-likeness (QED) is 0.180. The molecule has 41 heavy (non-hydrogen) atoms. The number of benzene rings is 3. The third kappa shape index (κ3) is 11.5. The molecule has 3 rings (SSSR count). The fourth-order valence-corrected chi connectivity index (χ4v) is 3.42. The minimum atomic E-state index is -1.23. The number of carbonyl (C=O) groups excluding carboxylic acids is 4. The maximum atomic E-state index is 12.8. The summed E-state index contributed by atoms with van der Waals surface area (Å²) in [6.45, 7) is -1.07. The molecule has 0 saturated heterocycles. The van der Waals surface area contributed by atoms with Crippen molar-refractivity contribution >= 4 is 30.0 Å². The highest BCUT2D eigenvalue weighted by Crippen LogP contribution is 2.15. The van der Waals surface area contributed by atoms with Crippen molar-refractivity contribution in [3.8, 4) is 5.75 Å². The molecule has 0 aliphatic carbocycles. The molecular weight excluding hydrogens is 534 g/mol. The molecule has 214 valence electrons. The van der Waals surface area contributed by atoms with E-state index in [9.17, 15) is 24.0 Å².